The first-order valence-corrected chi connectivity index (χ1v) is 10.2. The minimum Gasteiger partial charge on any atom is -0.508 e. The van der Waals surface area contributed by atoms with Crippen molar-refractivity contribution >= 4 is 34.2 Å². The molecule has 1 aromatic heterocycles. The van der Waals surface area contributed by atoms with Crippen LogP contribution in [0.3, 0.4) is 0 Å². The highest BCUT2D eigenvalue weighted by Gasteiger charge is 2.43. The van der Waals surface area contributed by atoms with Crippen molar-refractivity contribution < 1.29 is 14.3 Å². The summed E-state index contributed by atoms with van der Waals surface area (Å²) in [6.45, 7) is 3.86. The number of amides is 1. The first-order chi connectivity index (χ1) is 14.8. The minimum absolute atomic E-state index is 0.0267. The Bertz CT molecular complexity index is 1420. The molecular formula is C25H18ClNO4. The molecule has 1 N–H and O–H groups in total. The molecule has 0 spiro atoms. The van der Waals surface area contributed by atoms with Crippen molar-refractivity contribution in [1.29, 1.82) is 0 Å². The zero-order valence-corrected chi connectivity index (χ0v) is 17.6. The Morgan fingerprint density at radius 1 is 0.968 bits per heavy atom. The number of hydrogen-bond acceptors (Lipinski definition) is 4. The number of fused-ring (bicyclic) bond motifs is 2. The number of halogens is 1. The fraction of sp³-hybridized carbons (Fsp3) is 0.120. The van der Waals surface area contributed by atoms with Crippen molar-refractivity contribution in [3.05, 3.63) is 104 Å². The quantitative estimate of drug-likeness (QED) is 0.453. The van der Waals surface area contributed by atoms with Crippen molar-refractivity contribution in [2.45, 2.75) is 19.9 Å². The van der Waals surface area contributed by atoms with Crippen LogP contribution >= 0.6 is 11.6 Å². The molecule has 1 unspecified atom stereocenters. The SMILES string of the molecule is Cc1cc2oc3c(c(=O)c2cc1C)C(c1ccc(O)cc1)N(c1cccc(Cl)c1)C3=O. The van der Waals surface area contributed by atoms with E-state index in [0.717, 1.165) is 11.1 Å². The van der Waals surface area contributed by atoms with Gasteiger partial charge in [0.15, 0.2) is 5.43 Å². The maximum atomic E-state index is 13.6. The Balaban J connectivity index is 1.83. The fourth-order valence-corrected chi connectivity index (χ4v) is 4.28. The second-order valence-corrected chi connectivity index (χ2v) is 8.19. The Morgan fingerprint density at radius 3 is 2.39 bits per heavy atom. The van der Waals surface area contributed by atoms with E-state index in [2.05, 4.69) is 0 Å². The number of rotatable bonds is 2. The number of carbonyl (C=O) groups excluding carboxylic acids is 1. The number of phenolic OH excluding ortho intramolecular Hbond substituents is 1. The van der Waals surface area contributed by atoms with Crippen LogP contribution in [0.15, 0.2) is 69.9 Å². The van der Waals surface area contributed by atoms with Gasteiger partial charge in [0.25, 0.3) is 5.91 Å². The lowest BCUT2D eigenvalue weighted by molar-refractivity contribution is 0.0971. The van der Waals surface area contributed by atoms with Gasteiger partial charge in [-0.25, -0.2) is 0 Å². The van der Waals surface area contributed by atoms with Gasteiger partial charge < -0.3 is 9.52 Å². The zero-order valence-electron chi connectivity index (χ0n) is 16.8. The molecule has 1 atom stereocenters. The third kappa shape index (κ3) is 3.01. The summed E-state index contributed by atoms with van der Waals surface area (Å²) in [7, 11) is 0. The highest BCUT2D eigenvalue weighted by molar-refractivity contribution is 6.31. The molecule has 0 fully saturated rings. The van der Waals surface area contributed by atoms with Crippen LogP contribution < -0.4 is 10.3 Å². The van der Waals surface area contributed by atoms with E-state index in [1.807, 2.05) is 13.8 Å². The van der Waals surface area contributed by atoms with E-state index in [4.69, 9.17) is 16.0 Å². The predicted octanol–water partition coefficient (Wildman–Crippen LogP) is 5.52. The van der Waals surface area contributed by atoms with Gasteiger partial charge in [0, 0.05) is 10.7 Å². The summed E-state index contributed by atoms with van der Waals surface area (Å²) in [4.78, 5) is 28.6. The van der Waals surface area contributed by atoms with Gasteiger partial charge in [0.05, 0.1) is 17.0 Å². The van der Waals surface area contributed by atoms with Gasteiger partial charge in [-0.2, -0.15) is 0 Å². The maximum Gasteiger partial charge on any atom is 0.295 e. The highest BCUT2D eigenvalue weighted by Crippen LogP contribution is 2.42. The molecule has 0 radical (unpaired) electrons. The number of carbonyl (C=O) groups is 1. The molecule has 0 aliphatic carbocycles. The molecule has 4 aromatic rings. The Kier molecular flexibility index (Phi) is 4.38. The lowest BCUT2D eigenvalue weighted by atomic mass is 9.97. The number of phenols is 1. The monoisotopic (exact) mass is 431 g/mol. The summed E-state index contributed by atoms with van der Waals surface area (Å²) >= 11 is 6.19. The zero-order chi connectivity index (χ0) is 21.9. The third-order valence-electron chi connectivity index (χ3n) is 5.78. The van der Waals surface area contributed by atoms with Crippen molar-refractivity contribution in [1.82, 2.24) is 0 Å². The van der Waals surface area contributed by atoms with E-state index in [0.29, 0.717) is 27.2 Å². The maximum absolute atomic E-state index is 13.6. The molecule has 1 aliphatic heterocycles. The molecule has 5 rings (SSSR count). The van der Waals surface area contributed by atoms with Crippen molar-refractivity contribution in [2.24, 2.45) is 0 Å². The van der Waals surface area contributed by atoms with Crippen LogP contribution in [-0.2, 0) is 0 Å². The van der Waals surface area contributed by atoms with Gasteiger partial charge in [-0.15, -0.1) is 0 Å². The molecular weight excluding hydrogens is 414 g/mol. The summed E-state index contributed by atoms with van der Waals surface area (Å²) in [6.07, 6.45) is 0. The average molecular weight is 432 g/mol. The topological polar surface area (TPSA) is 70.8 Å². The summed E-state index contributed by atoms with van der Waals surface area (Å²) in [6, 6.07) is 16.3. The summed E-state index contributed by atoms with van der Waals surface area (Å²) in [5, 5.41) is 10.7. The molecule has 6 heteroatoms. The number of benzene rings is 3. The van der Waals surface area contributed by atoms with Gasteiger partial charge in [-0.3, -0.25) is 14.5 Å². The first-order valence-electron chi connectivity index (χ1n) is 9.81. The van der Waals surface area contributed by atoms with E-state index in [-0.39, 0.29) is 22.5 Å². The highest BCUT2D eigenvalue weighted by atomic mass is 35.5. The third-order valence-corrected chi connectivity index (χ3v) is 6.02. The van der Waals surface area contributed by atoms with Gasteiger partial charge in [-0.05, 0) is 73.0 Å². The van der Waals surface area contributed by atoms with E-state index >= 15 is 0 Å². The number of aryl methyl sites for hydroxylation is 2. The molecule has 2 heterocycles. The van der Waals surface area contributed by atoms with Crippen LogP contribution in [0.4, 0.5) is 5.69 Å². The summed E-state index contributed by atoms with van der Waals surface area (Å²) in [5.41, 5.74) is 3.61. The smallest absolute Gasteiger partial charge is 0.295 e. The fourth-order valence-electron chi connectivity index (χ4n) is 4.09. The molecule has 0 bridgehead atoms. The van der Waals surface area contributed by atoms with Crippen LogP contribution in [0.2, 0.25) is 5.02 Å². The van der Waals surface area contributed by atoms with Crippen LogP contribution in [0.5, 0.6) is 5.75 Å². The van der Waals surface area contributed by atoms with Gasteiger partial charge in [0.2, 0.25) is 5.76 Å². The summed E-state index contributed by atoms with van der Waals surface area (Å²) in [5.74, 6) is -0.286. The average Bonchev–Trinajstić information content (AvgIpc) is 3.03. The molecule has 0 saturated carbocycles. The molecule has 154 valence electrons. The van der Waals surface area contributed by atoms with E-state index in [9.17, 15) is 14.7 Å². The van der Waals surface area contributed by atoms with E-state index in [1.54, 1.807) is 48.5 Å². The van der Waals surface area contributed by atoms with Gasteiger partial charge in [0.1, 0.15) is 11.3 Å². The molecule has 1 amide bonds. The first kappa shape index (κ1) is 19.4. The van der Waals surface area contributed by atoms with Gasteiger partial charge in [-0.1, -0.05) is 29.8 Å². The second-order valence-electron chi connectivity index (χ2n) is 7.76. The second kappa shape index (κ2) is 7.00. The Labute approximate surface area is 183 Å². The van der Waals surface area contributed by atoms with Crippen molar-refractivity contribution in [3.63, 3.8) is 0 Å². The largest absolute Gasteiger partial charge is 0.508 e. The van der Waals surface area contributed by atoms with Crippen LogP contribution in [0.25, 0.3) is 11.0 Å². The van der Waals surface area contributed by atoms with Crippen molar-refractivity contribution in [2.75, 3.05) is 4.90 Å². The molecule has 31 heavy (non-hydrogen) atoms. The standard InChI is InChI=1S/C25H18ClNO4/c1-13-10-19-20(11-14(13)2)31-24-21(23(19)29)22(15-6-8-18(28)9-7-15)27(25(24)30)17-5-3-4-16(26)12-17/h3-12,22,28H,1-2H3. The Morgan fingerprint density at radius 2 is 1.68 bits per heavy atom. The molecule has 5 nitrogen and oxygen atoms in total. The molecule has 3 aromatic carbocycles. The summed E-state index contributed by atoms with van der Waals surface area (Å²) < 4.78 is 6.02. The minimum atomic E-state index is -0.705. The number of aromatic hydroxyl groups is 1. The lowest BCUT2D eigenvalue weighted by Gasteiger charge is -2.25. The van der Waals surface area contributed by atoms with Gasteiger partial charge >= 0.3 is 0 Å². The number of hydrogen-bond donors (Lipinski definition) is 1. The van der Waals surface area contributed by atoms with Crippen LogP contribution in [-0.4, -0.2) is 11.0 Å². The van der Waals surface area contributed by atoms with Crippen LogP contribution in [0.1, 0.15) is 38.9 Å². The van der Waals surface area contributed by atoms with Crippen LogP contribution in [0, 0.1) is 13.8 Å². The predicted molar refractivity (Wildman–Crippen MR) is 120 cm³/mol. The lowest BCUT2D eigenvalue weighted by Crippen LogP contribution is -2.29. The normalized spacial score (nSPS) is 15.5. The number of nitrogens with zero attached hydrogens (tertiary/aromatic N) is 1. The molecule has 1 aliphatic rings. The Hall–Kier alpha value is -3.57. The van der Waals surface area contributed by atoms with Crippen molar-refractivity contribution in [3.8, 4) is 5.75 Å². The van der Waals surface area contributed by atoms with E-state index < -0.39 is 11.9 Å². The number of anilines is 1. The van der Waals surface area contributed by atoms with E-state index in [1.165, 1.54) is 17.0 Å². The molecule has 0 saturated heterocycles.